The van der Waals surface area contributed by atoms with Gasteiger partial charge < -0.3 is 5.32 Å². The third-order valence-electron chi connectivity index (χ3n) is 2.13. The third-order valence-corrected chi connectivity index (χ3v) is 2.13. The highest BCUT2D eigenvalue weighted by Gasteiger charge is 2.01. The third kappa shape index (κ3) is 2.13. The van der Waals surface area contributed by atoms with Crippen LogP contribution in [-0.4, -0.2) is 0 Å². The molecule has 0 aromatic heterocycles. The van der Waals surface area contributed by atoms with Crippen LogP contribution >= 0.6 is 0 Å². The number of anilines is 1. The highest BCUT2D eigenvalue weighted by Crippen LogP contribution is 2.18. The molecule has 14 heavy (non-hydrogen) atoms. The fourth-order valence-electron chi connectivity index (χ4n) is 1.46. The van der Waals surface area contributed by atoms with E-state index in [9.17, 15) is 0 Å². The molecule has 2 rings (SSSR count). The first-order chi connectivity index (χ1) is 6.84. The van der Waals surface area contributed by atoms with Crippen LogP contribution < -0.4 is 5.32 Å². The van der Waals surface area contributed by atoms with Gasteiger partial charge in [-0.05, 0) is 23.8 Å². The Balaban J connectivity index is 2.09. The number of nitrogens with one attached hydrogen (secondary N) is 1. The highest BCUT2D eigenvalue weighted by molar-refractivity contribution is 5.50. The summed E-state index contributed by atoms with van der Waals surface area (Å²) in [6.07, 6.45) is 7.06. The van der Waals surface area contributed by atoms with Crippen molar-refractivity contribution in [3.63, 3.8) is 0 Å². The van der Waals surface area contributed by atoms with Gasteiger partial charge in [0.25, 0.3) is 0 Å². The zero-order chi connectivity index (χ0) is 9.80. The van der Waals surface area contributed by atoms with Crippen LogP contribution in [0.1, 0.15) is 6.42 Å². The summed E-state index contributed by atoms with van der Waals surface area (Å²) in [7, 11) is 0. The molecule has 0 radical (unpaired) electrons. The van der Waals surface area contributed by atoms with Gasteiger partial charge in [-0.2, -0.15) is 0 Å². The Morgan fingerprint density at radius 2 is 1.93 bits per heavy atom. The van der Waals surface area contributed by atoms with Crippen LogP contribution in [0.5, 0.6) is 0 Å². The number of allylic oxidation sites excluding steroid dienone is 4. The van der Waals surface area contributed by atoms with Crippen molar-refractivity contribution < 1.29 is 0 Å². The molecule has 1 aromatic carbocycles. The molecule has 1 aliphatic carbocycles. The molecule has 0 saturated heterocycles. The molecule has 1 aliphatic rings. The molecule has 0 bridgehead atoms. The van der Waals surface area contributed by atoms with Gasteiger partial charge in [-0.15, -0.1) is 0 Å². The minimum Gasteiger partial charge on any atom is -0.359 e. The van der Waals surface area contributed by atoms with Crippen molar-refractivity contribution in [3.05, 3.63) is 66.4 Å². The molecule has 0 spiro atoms. The summed E-state index contributed by atoms with van der Waals surface area (Å²) in [5.41, 5.74) is 3.47. The monoisotopic (exact) mass is 183 g/mol. The summed E-state index contributed by atoms with van der Waals surface area (Å²) >= 11 is 0. The molecule has 70 valence electrons. The summed E-state index contributed by atoms with van der Waals surface area (Å²) in [4.78, 5) is 0. The number of hydrogen-bond acceptors (Lipinski definition) is 1. The molecule has 0 amide bonds. The Morgan fingerprint density at radius 3 is 2.64 bits per heavy atom. The second-order valence-electron chi connectivity index (χ2n) is 3.38. The lowest BCUT2D eigenvalue weighted by Crippen LogP contribution is -2.01. The lowest BCUT2D eigenvalue weighted by molar-refractivity contribution is 1.15. The van der Waals surface area contributed by atoms with Crippen molar-refractivity contribution in [2.45, 2.75) is 6.42 Å². The first-order valence-corrected chi connectivity index (χ1v) is 4.72. The number of hydrogen-bond donors (Lipinski definition) is 1. The van der Waals surface area contributed by atoms with Crippen molar-refractivity contribution in [2.75, 3.05) is 5.32 Å². The average molecular weight is 183 g/mol. The SMILES string of the molecule is C=C1C=CC=C(Nc2ccccc2)C1. The van der Waals surface area contributed by atoms with Gasteiger partial charge in [0.05, 0.1) is 0 Å². The molecule has 1 heteroatoms. The Labute approximate surface area is 84.5 Å². The molecular weight excluding hydrogens is 170 g/mol. The standard InChI is InChI=1S/C13H13N/c1-11-6-5-9-13(10-11)14-12-7-3-2-4-8-12/h2-9,14H,1,10H2. The largest absolute Gasteiger partial charge is 0.359 e. The predicted molar refractivity (Wildman–Crippen MR) is 61.0 cm³/mol. The Bertz CT molecular complexity index is 385. The summed E-state index contributed by atoms with van der Waals surface area (Å²) in [6.45, 7) is 3.94. The zero-order valence-electron chi connectivity index (χ0n) is 8.03. The van der Waals surface area contributed by atoms with Gasteiger partial charge in [0.2, 0.25) is 0 Å². The van der Waals surface area contributed by atoms with Crippen LogP contribution in [0, 0.1) is 0 Å². The van der Waals surface area contributed by atoms with Crippen LogP contribution in [0.25, 0.3) is 0 Å². The number of benzene rings is 1. The molecule has 1 N–H and O–H groups in total. The van der Waals surface area contributed by atoms with E-state index in [-0.39, 0.29) is 0 Å². The van der Waals surface area contributed by atoms with Crippen LogP contribution in [0.2, 0.25) is 0 Å². The fourth-order valence-corrected chi connectivity index (χ4v) is 1.46. The van der Waals surface area contributed by atoms with E-state index >= 15 is 0 Å². The van der Waals surface area contributed by atoms with Gasteiger partial charge in [-0.3, -0.25) is 0 Å². The van der Waals surface area contributed by atoms with Crippen molar-refractivity contribution in [1.29, 1.82) is 0 Å². The molecule has 0 heterocycles. The van der Waals surface area contributed by atoms with Crippen molar-refractivity contribution in [2.24, 2.45) is 0 Å². The minimum atomic E-state index is 0.908. The van der Waals surface area contributed by atoms with Crippen LogP contribution in [0.4, 0.5) is 5.69 Å². The summed E-state index contributed by atoms with van der Waals surface area (Å²) < 4.78 is 0. The lowest BCUT2D eigenvalue weighted by atomic mass is 10.1. The molecule has 0 fully saturated rings. The second-order valence-corrected chi connectivity index (χ2v) is 3.38. The highest BCUT2D eigenvalue weighted by atomic mass is 14.9. The number of para-hydroxylation sites is 1. The molecule has 0 atom stereocenters. The fraction of sp³-hybridized carbons (Fsp3) is 0.0769. The Hall–Kier alpha value is -1.76. The van der Waals surface area contributed by atoms with Gasteiger partial charge >= 0.3 is 0 Å². The maximum absolute atomic E-state index is 3.94. The van der Waals surface area contributed by atoms with Gasteiger partial charge in [-0.1, -0.05) is 36.9 Å². The van der Waals surface area contributed by atoms with Gasteiger partial charge in [0.1, 0.15) is 0 Å². The first-order valence-electron chi connectivity index (χ1n) is 4.72. The average Bonchev–Trinajstić information content (AvgIpc) is 2.19. The topological polar surface area (TPSA) is 12.0 Å². The second kappa shape index (κ2) is 3.97. The number of rotatable bonds is 2. The quantitative estimate of drug-likeness (QED) is 0.740. The van der Waals surface area contributed by atoms with E-state index in [1.807, 2.05) is 30.4 Å². The maximum atomic E-state index is 3.94. The summed E-state index contributed by atoms with van der Waals surface area (Å²) in [5.74, 6) is 0. The summed E-state index contributed by atoms with van der Waals surface area (Å²) in [6, 6.07) is 10.2. The molecule has 0 unspecified atom stereocenters. The van der Waals surface area contributed by atoms with Crippen molar-refractivity contribution in [3.8, 4) is 0 Å². The van der Waals surface area contributed by atoms with E-state index in [0.29, 0.717) is 0 Å². The van der Waals surface area contributed by atoms with Gasteiger partial charge in [0.15, 0.2) is 0 Å². The normalized spacial score (nSPS) is 15.1. The van der Waals surface area contributed by atoms with Crippen molar-refractivity contribution in [1.82, 2.24) is 0 Å². The van der Waals surface area contributed by atoms with Gasteiger partial charge in [-0.25, -0.2) is 0 Å². The Kier molecular flexibility index (Phi) is 2.50. The molecule has 1 nitrogen and oxygen atoms in total. The molecule has 0 aliphatic heterocycles. The van der Waals surface area contributed by atoms with Crippen LogP contribution in [0.3, 0.4) is 0 Å². The van der Waals surface area contributed by atoms with Crippen molar-refractivity contribution >= 4 is 5.69 Å². The van der Waals surface area contributed by atoms with Gasteiger partial charge in [0, 0.05) is 17.8 Å². The molecule has 0 saturated carbocycles. The zero-order valence-corrected chi connectivity index (χ0v) is 8.03. The van der Waals surface area contributed by atoms with E-state index in [2.05, 4.69) is 30.1 Å². The lowest BCUT2D eigenvalue weighted by Gasteiger charge is -2.13. The van der Waals surface area contributed by atoms with Crippen LogP contribution in [-0.2, 0) is 0 Å². The van der Waals surface area contributed by atoms with E-state index in [4.69, 9.17) is 0 Å². The first kappa shape index (κ1) is 8.82. The van der Waals surface area contributed by atoms with E-state index in [1.54, 1.807) is 0 Å². The van der Waals surface area contributed by atoms with Crippen LogP contribution in [0.15, 0.2) is 66.4 Å². The summed E-state index contributed by atoms with van der Waals surface area (Å²) in [5, 5.41) is 3.36. The van der Waals surface area contributed by atoms with E-state index in [1.165, 1.54) is 5.70 Å². The minimum absolute atomic E-state index is 0.908. The smallest absolute Gasteiger partial charge is 0.0381 e. The maximum Gasteiger partial charge on any atom is 0.0381 e. The van der Waals surface area contributed by atoms with E-state index < -0.39 is 0 Å². The molecule has 1 aromatic rings. The molecular formula is C13H13N. The predicted octanol–water partition coefficient (Wildman–Crippen LogP) is 3.50. The van der Waals surface area contributed by atoms with E-state index in [0.717, 1.165) is 17.7 Å². The Morgan fingerprint density at radius 1 is 1.14 bits per heavy atom.